The number of hydrogen-bond acceptors (Lipinski definition) is 1. The van der Waals surface area contributed by atoms with Crippen LogP contribution in [0.3, 0.4) is 0 Å². The summed E-state index contributed by atoms with van der Waals surface area (Å²) >= 11 is 5.99. The van der Waals surface area contributed by atoms with Crippen molar-refractivity contribution >= 4 is 11.6 Å². The molecule has 1 aromatic carbocycles. The molecule has 0 amide bonds. The van der Waals surface area contributed by atoms with Gasteiger partial charge in [-0.2, -0.15) is 0 Å². The highest BCUT2D eigenvalue weighted by Gasteiger charge is 2.14. The number of benzene rings is 1. The molecule has 2 unspecified atom stereocenters. The third-order valence-corrected chi connectivity index (χ3v) is 3.57. The molecule has 96 valence electrons. The van der Waals surface area contributed by atoms with Gasteiger partial charge >= 0.3 is 0 Å². The highest BCUT2D eigenvalue weighted by atomic mass is 35.5. The molecule has 17 heavy (non-hydrogen) atoms. The van der Waals surface area contributed by atoms with Gasteiger partial charge in [0.25, 0.3) is 0 Å². The molecule has 0 radical (unpaired) electrons. The Kier molecular flexibility index (Phi) is 5.93. The van der Waals surface area contributed by atoms with Crippen LogP contribution in [-0.4, -0.2) is 6.04 Å². The largest absolute Gasteiger partial charge is 0.327 e. The second kappa shape index (κ2) is 6.97. The molecule has 1 aromatic rings. The van der Waals surface area contributed by atoms with Gasteiger partial charge in [-0.15, -0.1) is 0 Å². The maximum Gasteiger partial charge on any atom is 0.124 e. The van der Waals surface area contributed by atoms with Crippen LogP contribution in [0, 0.1) is 11.7 Å². The lowest BCUT2D eigenvalue weighted by molar-refractivity contribution is 0.410. The van der Waals surface area contributed by atoms with E-state index in [9.17, 15) is 4.39 Å². The second-order valence-electron chi connectivity index (χ2n) is 4.72. The van der Waals surface area contributed by atoms with E-state index in [0.29, 0.717) is 17.4 Å². The van der Waals surface area contributed by atoms with E-state index in [2.05, 4.69) is 13.8 Å². The Morgan fingerprint density at radius 1 is 1.41 bits per heavy atom. The van der Waals surface area contributed by atoms with Crippen molar-refractivity contribution in [3.05, 3.63) is 34.6 Å². The van der Waals surface area contributed by atoms with E-state index in [-0.39, 0.29) is 11.9 Å². The first kappa shape index (κ1) is 14.5. The van der Waals surface area contributed by atoms with Gasteiger partial charge in [0.1, 0.15) is 5.82 Å². The molecule has 0 heterocycles. The average Bonchev–Trinajstić information content (AvgIpc) is 2.29. The van der Waals surface area contributed by atoms with Gasteiger partial charge in [-0.05, 0) is 36.5 Å². The van der Waals surface area contributed by atoms with Crippen LogP contribution in [0.2, 0.25) is 5.02 Å². The van der Waals surface area contributed by atoms with Crippen molar-refractivity contribution in [2.75, 3.05) is 0 Å². The summed E-state index contributed by atoms with van der Waals surface area (Å²) in [4.78, 5) is 0. The van der Waals surface area contributed by atoms with E-state index >= 15 is 0 Å². The first-order chi connectivity index (χ1) is 8.04. The lowest BCUT2D eigenvalue weighted by Crippen LogP contribution is -2.30. The minimum absolute atomic E-state index is 0.0875. The lowest BCUT2D eigenvalue weighted by Gasteiger charge is -2.20. The van der Waals surface area contributed by atoms with Gasteiger partial charge in [0.05, 0.1) is 0 Å². The number of halogens is 2. The van der Waals surface area contributed by atoms with Gasteiger partial charge in [0.2, 0.25) is 0 Å². The molecule has 0 fully saturated rings. The standard InChI is InChI=1S/C14H21ClFN/c1-3-4-5-10(2)14(17)8-11-6-7-12(16)9-13(11)15/h6-7,9-10,14H,3-5,8,17H2,1-2H3. The Balaban J connectivity index is 2.58. The van der Waals surface area contributed by atoms with Crippen molar-refractivity contribution in [2.45, 2.75) is 45.6 Å². The summed E-state index contributed by atoms with van der Waals surface area (Å²) < 4.78 is 12.9. The van der Waals surface area contributed by atoms with E-state index in [1.807, 2.05) is 0 Å². The molecule has 1 rings (SSSR count). The van der Waals surface area contributed by atoms with Crippen molar-refractivity contribution in [2.24, 2.45) is 11.7 Å². The molecule has 0 bridgehead atoms. The van der Waals surface area contributed by atoms with Crippen molar-refractivity contribution in [3.8, 4) is 0 Å². The van der Waals surface area contributed by atoms with Crippen LogP contribution in [0.25, 0.3) is 0 Å². The summed E-state index contributed by atoms with van der Waals surface area (Å²) in [7, 11) is 0. The van der Waals surface area contributed by atoms with Crippen LogP contribution in [0.15, 0.2) is 18.2 Å². The molecule has 0 aromatic heterocycles. The second-order valence-corrected chi connectivity index (χ2v) is 5.13. The monoisotopic (exact) mass is 257 g/mol. The highest BCUT2D eigenvalue weighted by molar-refractivity contribution is 6.31. The molecule has 2 N–H and O–H groups in total. The molecule has 0 saturated heterocycles. The van der Waals surface area contributed by atoms with E-state index in [1.165, 1.54) is 25.0 Å². The predicted molar refractivity (Wildman–Crippen MR) is 71.8 cm³/mol. The van der Waals surface area contributed by atoms with Crippen LogP contribution >= 0.6 is 11.6 Å². The Labute approximate surface area is 108 Å². The Hall–Kier alpha value is -0.600. The number of rotatable bonds is 6. The molecule has 1 nitrogen and oxygen atoms in total. The van der Waals surface area contributed by atoms with Gasteiger partial charge in [0.15, 0.2) is 0 Å². The van der Waals surface area contributed by atoms with Crippen molar-refractivity contribution in [3.63, 3.8) is 0 Å². The molecule has 0 aliphatic heterocycles. The first-order valence-corrected chi connectivity index (χ1v) is 6.62. The van der Waals surface area contributed by atoms with Crippen molar-refractivity contribution in [1.29, 1.82) is 0 Å². The summed E-state index contributed by atoms with van der Waals surface area (Å²) in [5.41, 5.74) is 7.08. The van der Waals surface area contributed by atoms with Crippen molar-refractivity contribution < 1.29 is 4.39 Å². The molecule has 3 heteroatoms. The number of nitrogens with two attached hydrogens (primary N) is 1. The molecule has 0 saturated carbocycles. The van der Waals surface area contributed by atoms with Crippen molar-refractivity contribution in [1.82, 2.24) is 0 Å². The first-order valence-electron chi connectivity index (χ1n) is 6.24. The number of hydrogen-bond donors (Lipinski definition) is 1. The minimum Gasteiger partial charge on any atom is -0.327 e. The third-order valence-electron chi connectivity index (χ3n) is 3.21. The van der Waals surface area contributed by atoms with Crippen LogP contribution in [-0.2, 0) is 6.42 Å². The van der Waals surface area contributed by atoms with Gasteiger partial charge < -0.3 is 5.73 Å². The van der Waals surface area contributed by atoms with Crippen LogP contribution in [0.1, 0.15) is 38.7 Å². The average molecular weight is 258 g/mol. The fourth-order valence-corrected chi connectivity index (χ4v) is 2.13. The topological polar surface area (TPSA) is 26.0 Å². The van der Waals surface area contributed by atoms with Gasteiger partial charge in [-0.25, -0.2) is 4.39 Å². The van der Waals surface area contributed by atoms with E-state index in [4.69, 9.17) is 17.3 Å². The Morgan fingerprint density at radius 2 is 2.12 bits per heavy atom. The zero-order valence-corrected chi connectivity index (χ0v) is 11.3. The Morgan fingerprint density at radius 3 is 2.71 bits per heavy atom. The third kappa shape index (κ3) is 4.64. The fourth-order valence-electron chi connectivity index (χ4n) is 1.88. The summed E-state index contributed by atoms with van der Waals surface area (Å²) in [6, 6.07) is 4.60. The van der Waals surface area contributed by atoms with Gasteiger partial charge in [0, 0.05) is 11.1 Å². The predicted octanol–water partition coefficient (Wildman–Crippen LogP) is 4.18. The van der Waals surface area contributed by atoms with Crippen LogP contribution in [0.4, 0.5) is 4.39 Å². The molecular formula is C14H21ClFN. The lowest BCUT2D eigenvalue weighted by atomic mass is 9.91. The molecule has 0 aliphatic carbocycles. The summed E-state index contributed by atoms with van der Waals surface area (Å²) in [6.45, 7) is 4.34. The van der Waals surface area contributed by atoms with E-state index < -0.39 is 0 Å². The fraction of sp³-hybridized carbons (Fsp3) is 0.571. The Bertz CT molecular complexity index is 354. The zero-order chi connectivity index (χ0) is 12.8. The minimum atomic E-state index is -0.300. The maximum absolute atomic E-state index is 12.9. The quantitative estimate of drug-likeness (QED) is 0.813. The van der Waals surface area contributed by atoms with Gasteiger partial charge in [-0.3, -0.25) is 0 Å². The zero-order valence-electron chi connectivity index (χ0n) is 10.5. The SMILES string of the molecule is CCCCC(C)C(N)Cc1ccc(F)cc1Cl. The highest BCUT2D eigenvalue weighted by Crippen LogP contribution is 2.21. The molecular weight excluding hydrogens is 237 g/mol. The maximum atomic E-state index is 12.9. The van der Waals surface area contributed by atoms with Crippen LogP contribution < -0.4 is 5.73 Å². The smallest absolute Gasteiger partial charge is 0.124 e. The summed E-state index contributed by atoms with van der Waals surface area (Å²) in [5, 5.41) is 0.475. The number of unbranched alkanes of at least 4 members (excludes halogenated alkanes) is 1. The van der Waals surface area contributed by atoms with Crippen LogP contribution in [0.5, 0.6) is 0 Å². The summed E-state index contributed by atoms with van der Waals surface area (Å²) in [6.07, 6.45) is 4.24. The summed E-state index contributed by atoms with van der Waals surface area (Å²) in [5.74, 6) is 0.169. The van der Waals surface area contributed by atoms with E-state index in [1.54, 1.807) is 6.07 Å². The molecule has 0 spiro atoms. The molecule has 2 atom stereocenters. The molecule has 0 aliphatic rings. The van der Waals surface area contributed by atoms with Gasteiger partial charge in [-0.1, -0.05) is 44.4 Å². The van der Waals surface area contributed by atoms with E-state index in [0.717, 1.165) is 12.0 Å². The normalized spacial score (nSPS) is 14.6.